The molecular weight excluding hydrogens is 224 g/mol. The van der Waals surface area contributed by atoms with E-state index in [1.807, 2.05) is 12.4 Å². The van der Waals surface area contributed by atoms with Gasteiger partial charge in [-0.15, -0.1) is 0 Å². The van der Waals surface area contributed by atoms with Crippen molar-refractivity contribution in [1.29, 1.82) is 0 Å². The second-order valence-electron chi connectivity index (χ2n) is 5.64. The molecule has 100 valence electrons. The summed E-state index contributed by atoms with van der Waals surface area (Å²) in [7, 11) is 0. The molecule has 0 bridgehead atoms. The first-order valence-corrected chi connectivity index (χ1v) is 6.91. The predicted octanol–water partition coefficient (Wildman–Crippen LogP) is 1.96. The number of anilines is 1. The number of hydrogen-bond donors (Lipinski definition) is 1. The van der Waals surface area contributed by atoms with E-state index in [-0.39, 0.29) is 5.41 Å². The lowest BCUT2D eigenvalue weighted by Gasteiger charge is -2.28. The van der Waals surface area contributed by atoms with Gasteiger partial charge in [-0.3, -0.25) is 0 Å². The average Bonchev–Trinajstić information content (AvgIpc) is 2.40. The highest BCUT2D eigenvalue weighted by atomic mass is 15.3. The van der Waals surface area contributed by atoms with Crippen LogP contribution in [0, 0.1) is 0 Å². The molecule has 2 rings (SSSR count). The van der Waals surface area contributed by atoms with Crippen molar-refractivity contribution >= 4 is 5.95 Å². The Morgan fingerprint density at radius 1 is 1.22 bits per heavy atom. The minimum atomic E-state index is 0.177. The number of nitrogens with zero attached hydrogens (tertiary/aromatic N) is 3. The molecule has 2 heterocycles. The Morgan fingerprint density at radius 3 is 2.39 bits per heavy atom. The first-order valence-electron chi connectivity index (χ1n) is 6.91. The monoisotopic (exact) mass is 248 g/mol. The molecule has 0 saturated carbocycles. The number of aromatic nitrogens is 2. The summed E-state index contributed by atoms with van der Waals surface area (Å²) < 4.78 is 0. The Labute approximate surface area is 110 Å². The van der Waals surface area contributed by atoms with Crippen molar-refractivity contribution in [2.24, 2.45) is 0 Å². The topological polar surface area (TPSA) is 41.1 Å². The van der Waals surface area contributed by atoms with Gasteiger partial charge in [0.05, 0.1) is 0 Å². The lowest BCUT2D eigenvalue weighted by Crippen LogP contribution is -2.44. The average molecular weight is 248 g/mol. The van der Waals surface area contributed by atoms with Gasteiger partial charge in [-0.05, 0) is 17.4 Å². The van der Waals surface area contributed by atoms with Gasteiger partial charge in [0.25, 0.3) is 0 Å². The van der Waals surface area contributed by atoms with Gasteiger partial charge in [0.2, 0.25) is 5.95 Å². The van der Waals surface area contributed by atoms with E-state index in [1.54, 1.807) is 0 Å². The highest BCUT2D eigenvalue weighted by molar-refractivity contribution is 5.32. The van der Waals surface area contributed by atoms with Crippen molar-refractivity contribution in [2.45, 2.75) is 39.0 Å². The summed E-state index contributed by atoms with van der Waals surface area (Å²) in [6.07, 6.45) is 6.36. The van der Waals surface area contributed by atoms with E-state index in [2.05, 4.69) is 41.0 Å². The molecule has 18 heavy (non-hydrogen) atoms. The van der Waals surface area contributed by atoms with Crippen LogP contribution in [-0.2, 0) is 5.41 Å². The molecule has 1 fully saturated rings. The van der Waals surface area contributed by atoms with E-state index in [1.165, 1.54) is 18.4 Å². The van der Waals surface area contributed by atoms with E-state index in [9.17, 15) is 0 Å². The molecule has 0 aromatic carbocycles. The summed E-state index contributed by atoms with van der Waals surface area (Å²) in [5, 5.41) is 3.34. The van der Waals surface area contributed by atoms with Crippen LogP contribution in [0.4, 0.5) is 5.95 Å². The third-order valence-electron chi connectivity index (χ3n) is 3.69. The quantitative estimate of drug-likeness (QED) is 0.884. The molecule has 1 aliphatic heterocycles. The number of hydrogen-bond acceptors (Lipinski definition) is 4. The van der Waals surface area contributed by atoms with Crippen molar-refractivity contribution in [3.05, 3.63) is 18.0 Å². The van der Waals surface area contributed by atoms with E-state index in [0.29, 0.717) is 0 Å². The largest absolute Gasteiger partial charge is 0.338 e. The predicted molar refractivity (Wildman–Crippen MR) is 75.0 cm³/mol. The summed E-state index contributed by atoms with van der Waals surface area (Å²) in [6, 6.07) is 0. The molecule has 0 radical (unpaired) electrons. The molecule has 0 unspecified atom stereocenters. The van der Waals surface area contributed by atoms with Crippen LogP contribution in [0.2, 0.25) is 0 Å². The molecular formula is C14H24N4. The van der Waals surface area contributed by atoms with Crippen LogP contribution in [-0.4, -0.2) is 36.1 Å². The van der Waals surface area contributed by atoms with Gasteiger partial charge in [0.15, 0.2) is 0 Å². The SMILES string of the molecule is CCCC(C)(C)c1cnc(N2CCNCC2)nc1. The van der Waals surface area contributed by atoms with Crippen LogP contribution in [0.25, 0.3) is 0 Å². The maximum atomic E-state index is 4.54. The molecule has 1 aromatic rings. The van der Waals surface area contributed by atoms with E-state index in [0.717, 1.165) is 32.1 Å². The standard InChI is InChI=1S/C14H24N4/c1-4-5-14(2,3)12-10-16-13(17-11-12)18-8-6-15-7-9-18/h10-11,15H,4-9H2,1-3H3. The molecule has 1 aliphatic rings. The van der Waals surface area contributed by atoms with Crippen molar-refractivity contribution in [2.75, 3.05) is 31.1 Å². The second kappa shape index (κ2) is 5.65. The molecule has 0 atom stereocenters. The molecule has 1 N–H and O–H groups in total. The van der Waals surface area contributed by atoms with Gasteiger partial charge < -0.3 is 10.2 Å². The summed E-state index contributed by atoms with van der Waals surface area (Å²) in [5.74, 6) is 0.868. The maximum absolute atomic E-state index is 4.54. The summed E-state index contributed by atoms with van der Waals surface area (Å²) in [6.45, 7) is 10.8. The number of nitrogens with one attached hydrogen (secondary N) is 1. The fraction of sp³-hybridized carbons (Fsp3) is 0.714. The highest BCUT2D eigenvalue weighted by Gasteiger charge is 2.21. The zero-order chi connectivity index (χ0) is 13.0. The maximum Gasteiger partial charge on any atom is 0.225 e. The van der Waals surface area contributed by atoms with Gasteiger partial charge in [-0.25, -0.2) is 9.97 Å². The fourth-order valence-electron chi connectivity index (χ4n) is 2.47. The minimum absolute atomic E-state index is 0.177. The number of rotatable bonds is 4. The van der Waals surface area contributed by atoms with E-state index in [4.69, 9.17) is 0 Å². The molecule has 0 amide bonds. The Bertz CT molecular complexity index is 366. The van der Waals surface area contributed by atoms with Crippen molar-refractivity contribution in [1.82, 2.24) is 15.3 Å². The second-order valence-corrected chi connectivity index (χ2v) is 5.64. The van der Waals surface area contributed by atoms with Crippen molar-refractivity contribution in [3.8, 4) is 0 Å². The normalized spacial score (nSPS) is 16.9. The zero-order valence-corrected chi connectivity index (χ0v) is 11.7. The van der Waals surface area contributed by atoms with Crippen LogP contribution in [0.5, 0.6) is 0 Å². The molecule has 0 aliphatic carbocycles. The lowest BCUT2D eigenvalue weighted by molar-refractivity contribution is 0.469. The highest BCUT2D eigenvalue weighted by Crippen LogP contribution is 2.27. The van der Waals surface area contributed by atoms with Gasteiger partial charge in [0, 0.05) is 38.6 Å². The summed E-state index contributed by atoms with van der Waals surface area (Å²) >= 11 is 0. The first kappa shape index (κ1) is 13.3. The minimum Gasteiger partial charge on any atom is -0.338 e. The third kappa shape index (κ3) is 2.99. The van der Waals surface area contributed by atoms with Crippen LogP contribution in [0.1, 0.15) is 39.2 Å². The summed E-state index contributed by atoms with van der Waals surface area (Å²) in [4.78, 5) is 11.3. The van der Waals surface area contributed by atoms with E-state index < -0.39 is 0 Å². The smallest absolute Gasteiger partial charge is 0.225 e. The first-order chi connectivity index (χ1) is 8.63. The zero-order valence-electron chi connectivity index (χ0n) is 11.7. The molecule has 0 spiro atoms. The van der Waals surface area contributed by atoms with Crippen molar-refractivity contribution < 1.29 is 0 Å². The molecule has 1 saturated heterocycles. The Balaban J connectivity index is 2.09. The third-order valence-corrected chi connectivity index (χ3v) is 3.69. The molecule has 4 nitrogen and oxygen atoms in total. The Morgan fingerprint density at radius 2 is 1.83 bits per heavy atom. The molecule has 4 heteroatoms. The van der Waals surface area contributed by atoms with Gasteiger partial charge in [-0.1, -0.05) is 27.2 Å². The fourth-order valence-corrected chi connectivity index (χ4v) is 2.47. The van der Waals surface area contributed by atoms with E-state index >= 15 is 0 Å². The Kier molecular flexibility index (Phi) is 4.17. The molecule has 1 aromatic heterocycles. The van der Waals surface area contributed by atoms with Gasteiger partial charge in [0.1, 0.15) is 0 Å². The van der Waals surface area contributed by atoms with Crippen LogP contribution < -0.4 is 10.2 Å². The summed E-state index contributed by atoms with van der Waals surface area (Å²) in [5.41, 5.74) is 1.42. The number of piperazine rings is 1. The van der Waals surface area contributed by atoms with Crippen LogP contribution in [0.15, 0.2) is 12.4 Å². The Hall–Kier alpha value is -1.16. The van der Waals surface area contributed by atoms with Gasteiger partial charge in [-0.2, -0.15) is 0 Å². The lowest BCUT2D eigenvalue weighted by atomic mass is 9.82. The van der Waals surface area contributed by atoms with Crippen LogP contribution in [0.3, 0.4) is 0 Å². The van der Waals surface area contributed by atoms with Crippen LogP contribution >= 0.6 is 0 Å². The van der Waals surface area contributed by atoms with Gasteiger partial charge >= 0.3 is 0 Å². The van der Waals surface area contributed by atoms with Crippen molar-refractivity contribution in [3.63, 3.8) is 0 Å².